The number of aromatic amines is 1. The van der Waals surface area contributed by atoms with Gasteiger partial charge in [0.15, 0.2) is 5.70 Å². The van der Waals surface area contributed by atoms with Crippen molar-refractivity contribution in [2.75, 3.05) is 13.8 Å². The number of carbonyl (C=O) groups excluding carboxylic acids is 1. The minimum absolute atomic E-state index is 0.00414. The van der Waals surface area contributed by atoms with E-state index in [1.165, 1.54) is 31.4 Å². The summed E-state index contributed by atoms with van der Waals surface area (Å²) in [5.74, 6) is -2.95. The number of nitrogens with zero attached hydrogens (tertiary/aromatic N) is 3. The van der Waals surface area contributed by atoms with Crippen LogP contribution in [0.25, 0.3) is 11.1 Å². The lowest BCUT2D eigenvalue weighted by molar-refractivity contribution is -0.137. The molecule has 0 saturated carbocycles. The van der Waals surface area contributed by atoms with Crippen LogP contribution in [0.5, 0.6) is 11.5 Å². The van der Waals surface area contributed by atoms with Crippen LogP contribution in [0.3, 0.4) is 0 Å². The number of nitrogens with one attached hydrogen (secondary N) is 2. The molecule has 2 heterocycles. The first-order valence-electron chi connectivity index (χ1n) is 10.7. The number of alkyl halides is 3. The van der Waals surface area contributed by atoms with Crippen LogP contribution in [0.15, 0.2) is 58.7 Å². The molecule has 14 heteroatoms. The molecular weight excluding hydrogens is 534 g/mol. The summed E-state index contributed by atoms with van der Waals surface area (Å²) in [6.45, 7) is -0.957. The normalized spacial score (nSPS) is 13.7. The molecule has 1 aromatic heterocycles. The summed E-state index contributed by atoms with van der Waals surface area (Å²) in [6, 6.07) is 10.3. The summed E-state index contributed by atoms with van der Waals surface area (Å²) in [5.41, 5.74) is -2.34. The van der Waals surface area contributed by atoms with Gasteiger partial charge in [0, 0.05) is 10.6 Å². The van der Waals surface area contributed by atoms with E-state index in [-0.39, 0.29) is 45.5 Å². The molecule has 1 aliphatic heterocycles. The average molecular weight is 550 g/mol. The second-order valence-corrected chi connectivity index (χ2v) is 8.31. The van der Waals surface area contributed by atoms with E-state index in [2.05, 4.69) is 15.5 Å². The Kier molecular flexibility index (Phi) is 7.27. The molecule has 1 amide bonds. The maximum absolute atomic E-state index is 14.5. The van der Waals surface area contributed by atoms with E-state index in [0.717, 1.165) is 23.1 Å². The van der Waals surface area contributed by atoms with E-state index in [1.54, 1.807) is 6.07 Å². The molecule has 0 bridgehead atoms. The fraction of sp³-hybridized carbons (Fsp3) is 0.167. The molecule has 3 aromatic rings. The van der Waals surface area contributed by atoms with E-state index in [9.17, 15) is 27.2 Å². The third kappa shape index (κ3) is 5.55. The number of aromatic nitrogens is 2. The second kappa shape index (κ2) is 10.4. The van der Waals surface area contributed by atoms with Crippen LogP contribution >= 0.6 is 11.6 Å². The van der Waals surface area contributed by atoms with Crippen LogP contribution in [0, 0.1) is 17.1 Å². The van der Waals surface area contributed by atoms with Crippen molar-refractivity contribution in [1.82, 2.24) is 20.4 Å². The monoisotopic (exact) mass is 549 g/mol. The van der Waals surface area contributed by atoms with Gasteiger partial charge in [-0.05, 0) is 42.5 Å². The third-order valence-corrected chi connectivity index (χ3v) is 5.55. The number of ether oxygens (including phenoxy) is 2. The molecule has 0 unspecified atom stereocenters. The van der Waals surface area contributed by atoms with Gasteiger partial charge < -0.3 is 19.7 Å². The van der Waals surface area contributed by atoms with Crippen LogP contribution in [-0.2, 0) is 11.3 Å². The zero-order valence-electron chi connectivity index (χ0n) is 19.3. The molecular formula is C24H16ClF4N5O4. The summed E-state index contributed by atoms with van der Waals surface area (Å²) in [4.78, 5) is 26.4. The quantitative estimate of drug-likeness (QED) is 0.448. The number of rotatable bonds is 6. The molecule has 0 fully saturated rings. The first kappa shape index (κ1) is 26.5. The molecule has 0 radical (unpaired) electrons. The standard InChI is InChI=1S/C24H16ClF4N5O4/c1-37-15-2-3-19(26)17(8-15)18-7-14(32-33-22(18)35)10-34-11-31-21(24(27,28)29)20(23(34)36)38-16-5-12(9-30)4-13(25)6-16/h2-8,31H,10-11H2,1H3,(H,33,35). The number of amides is 1. The minimum atomic E-state index is -4.97. The van der Waals surface area contributed by atoms with Crippen molar-refractivity contribution in [2.45, 2.75) is 12.7 Å². The fourth-order valence-corrected chi connectivity index (χ4v) is 3.82. The van der Waals surface area contributed by atoms with Crippen LogP contribution < -0.4 is 20.3 Å². The molecule has 196 valence electrons. The van der Waals surface area contributed by atoms with Crippen LogP contribution in [0.4, 0.5) is 17.6 Å². The lowest BCUT2D eigenvalue weighted by atomic mass is 10.1. The fourth-order valence-electron chi connectivity index (χ4n) is 3.59. The van der Waals surface area contributed by atoms with Crippen molar-refractivity contribution in [3.63, 3.8) is 0 Å². The second-order valence-electron chi connectivity index (χ2n) is 7.88. The van der Waals surface area contributed by atoms with Gasteiger partial charge in [0.05, 0.1) is 43.2 Å². The smallest absolute Gasteiger partial charge is 0.434 e. The zero-order valence-corrected chi connectivity index (χ0v) is 20.1. The average Bonchev–Trinajstić information content (AvgIpc) is 2.87. The maximum atomic E-state index is 14.5. The van der Waals surface area contributed by atoms with E-state index >= 15 is 0 Å². The summed E-state index contributed by atoms with van der Waals surface area (Å²) in [5, 5.41) is 17.3. The SMILES string of the molecule is COc1ccc(F)c(-c2cc(CN3CNC(C(F)(F)F)=C(Oc4cc(Cl)cc(C#N)c4)C3=O)n[nH]c2=O)c1. The number of carbonyl (C=O) groups is 1. The van der Waals surface area contributed by atoms with Gasteiger partial charge in [-0.2, -0.15) is 23.5 Å². The van der Waals surface area contributed by atoms with Gasteiger partial charge in [-0.25, -0.2) is 9.49 Å². The predicted molar refractivity (Wildman–Crippen MR) is 125 cm³/mol. The van der Waals surface area contributed by atoms with E-state index in [4.69, 9.17) is 26.3 Å². The Bertz CT molecular complexity index is 1550. The Labute approximate surface area is 216 Å². The van der Waals surface area contributed by atoms with Crippen LogP contribution in [-0.4, -0.2) is 41.0 Å². The van der Waals surface area contributed by atoms with E-state index < -0.39 is 41.6 Å². The molecule has 38 heavy (non-hydrogen) atoms. The Balaban J connectivity index is 1.67. The molecule has 1 aliphatic rings. The molecule has 9 nitrogen and oxygen atoms in total. The number of nitriles is 1. The van der Waals surface area contributed by atoms with Gasteiger partial charge in [-0.1, -0.05) is 11.6 Å². The van der Waals surface area contributed by atoms with Gasteiger partial charge in [0.1, 0.15) is 17.3 Å². The molecule has 0 saturated heterocycles. The predicted octanol–water partition coefficient (Wildman–Crippen LogP) is 3.85. The van der Waals surface area contributed by atoms with Crippen LogP contribution in [0.2, 0.25) is 5.02 Å². The first-order chi connectivity index (χ1) is 18.0. The summed E-state index contributed by atoms with van der Waals surface area (Å²) in [7, 11) is 1.36. The maximum Gasteiger partial charge on any atom is 0.434 e. The number of hydrogen-bond acceptors (Lipinski definition) is 7. The Morgan fingerprint density at radius 2 is 1.89 bits per heavy atom. The van der Waals surface area contributed by atoms with Gasteiger partial charge in [-0.15, -0.1) is 0 Å². The first-order valence-corrected chi connectivity index (χ1v) is 11.0. The van der Waals surface area contributed by atoms with Crippen molar-refractivity contribution in [3.8, 4) is 28.7 Å². The highest BCUT2D eigenvalue weighted by molar-refractivity contribution is 6.30. The summed E-state index contributed by atoms with van der Waals surface area (Å²) >= 11 is 5.90. The molecule has 0 aliphatic carbocycles. The molecule has 0 atom stereocenters. The highest BCUT2D eigenvalue weighted by atomic mass is 35.5. The number of halogens is 5. The Morgan fingerprint density at radius 1 is 1.13 bits per heavy atom. The van der Waals surface area contributed by atoms with Crippen molar-refractivity contribution in [1.29, 1.82) is 5.26 Å². The van der Waals surface area contributed by atoms with Gasteiger partial charge in [0.2, 0.25) is 5.76 Å². The van der Waals surface area contributed by atoms with Gasteiger partial charge in [-0.3, -0.25) is 9.59 Å². The highest BCUT2D eigenvalue weighted by Crippen LogP contribution is 2.32. The van der Waals surface area contributed by atoms with E-state index in [1.807, 2.05) is 0 Å². The number of hydrogen-bond donors (Lipinski definition) is 2. The third-order valence-electron chi connectivity index (χ3n) is 5.33. The number of H-pyrrole nitrogens is 1. The zero-order chi connectivity index (χ0) is 27.6. The van der Waals surface area contributed by atoms with Gasteiger partial charge in [0.25, 0.3) is 11.5 Å². The van der Waals surface area contributed by atoms with Crippen molar-refractivity contribution in [3.05, 3.63) is 86.4 Å². The largest absolute Gasteiger partial charge is 0.497 e. The molecule has 2 N–H and O–H groups in total. The molecule has 4 rings (SSSR count). The number of allylic oxidation sites excluding steroid dienone is 1. The Hall–Kier alpha value is -4.57. The van der Waals surface area contributed by atoms with Gasteiger partial charge >= 0.3 is 6.18 Å². The Morgan fingerprint density at radius 3 is 2.58 bits per heavy atom. The number of methoxy groups -OCH3 is 1. The molecule has 0 spiro atoms. The topological polar surface area (TPSA) is 120 Å². The number of benzene rings is 2. The van der Waals surface area contributed by atoms with Crippen molar-refractivity contribution in [2.24, 2.45) is 0 Å². The highest BCUT2D eigenvalue weighted by Gasteiger charge is 2.44. The lowest BCUT2D eigenvalue weighted by Gasteiger charge is -2.31. The lowest BCUT2D eigenvalue weighted by Crippen LogP contribution is -2.49. The van der Waals surface area contributed by atoms with Crippen molar-refractivity contribution >= 4 is 17.5 Å². The summed E-state index contributed by atoms with van der Waals surface area (Å²) in [6.07, 6.45) is -4.97. The summed E-state index contributed by atoms with van der Waals surface area (Å²) < 4.78 is 65.9. The van der Waals surface area contributed by atoms with E-state index in [0.29, 0.717) is 0 Å². The molecule has 2 aromatic carbocycles. The van der Waals surface area contributed by atoms with Crippen LogP contribution in [0.1, 0.15) is 11.3 Å². The minimum Gasteiger partial charge on any atom is -0.497 e. The van der Waals surface area contributed by atoms with Crippen molar-refractivity contribution < 1.29 is 31.8 Å².